The first-order valence-corrected chi connectivity index (χ1v) is 8.13. The van der Waals surface area contributed by atoms with Crippen LogP contribution in [0.1, 0.15) is 17.3 Å². The number of nitrogens with zero attached hydrogens (tertiary/aromatic N) is 1. The number of rotatable bonds is 6. The zero-order valence-corrected chi connectivity index (χ0v) is 14.8. The van der Waals surface area contributed by atoms with Crippen LogP contribution in [-0.2, 0) is 4.74 Å². The van der Waals surface area contributed by atoms with Gasteiger partial charge in [0, 0.05) is 11.1 Å². The molecule has 0 saturated carbocycles. The fraction of sp³-hybridized carbons (Fsp3) is 0.200. The first kappa shape index (κ1) is 17.5. The summed E-state index contributed by atoms with van der Waals surface area (Å²) < 4.78 is 21.1. The van der Waals surface area contributed by atoms with Crippen molar-refractivity contribution < 1.29 is 23.5 Å². The molecule has 0 saturated heterocycles. The summed E-state index contributed by atoms with van der Waals surface area (Å²) in [6, 6.07) is 14.4. The van der Waals surface area contributed by atoms with Crippen molar-refractivity contribution in [3.05, 3.63) is 54.1 Å². The number of hydrogen-bond donors (Lipinski definition) is 0. The highest BCUT2D eigenvalue weighted by molar-refractivity contribution is 6.01. The van der Waals surface area contributed by atoms with Gasteiger partial charge in [-0.1, -0.05) is 5.16 Å². The Labute approximate surface area is 151 Å². The van der Waals surface area contributed by atoms with Crippen molar-refractivity contribution in [1.29, 1.82) is 0 Å². The summed E-state index contributed by atoms with van der Waals surface area (Å²) in [6.07, 6.45) is 0. The molecule has 0 unspecified atom stereocenters. The molecule has 0 amide bonds. The lowest BCUT2D eigenvalue weighted by Gasteiger charge is -2.06. The van der Waals surface area contributed by atoms with E-state index in [9.17, 15) is 4.79 Å². The van der Waals surface area contributed by atoms with E-state index >= 15 is 0 Å². The monoisotopic (exact) mass is 353 g/mol. The van der Waals surface area contributed by atoms with Crippen LogP contribution in [0.5, 0.6) is 11.5 Å². The molecule has 0 spiro atoms. The Morgan fingerprint density at radius 3 is 1.96 bits per heavy atom. The molecular weight excluding hydrogens is 334 g/mol. The Bertz CT molecular complexity index is 817. The quantitative estimate of drug-likeness (QED) is 0.619. The molecule has 0 radical (unpaired) electrons. The standard InChI is InChI=1S/C20H19NO5/c1-4-25-20(22)17-18(13-5-9-15(23-2)10-6-13)21-26-19(17)14-7-11-16(24-3)12-8-14/h5-12H,4H2,1-3H3. The predicted octanol–water partition coefficient (Wildman–Crippen LogP) is 4.20. The molecule has 0 aliphatic carbocycles. The van der Waals surface area contributed by atoms with Crippen molar-refractivity contribution in [2.24, 2.45) is 0 Å². The second-order valence-electron chi connectivity index (χ2n) is 5.41. The van der Waals surface area contributed by atoms with Crippen LogP contribution < -0.4 is 9.47 Å². The Morgan fingerprint density at radius 1 is 0.923 bits per heavy atom. The third kappa shape index (κ3) is 3.39. The van der Waals surface area contributed by atoms with Gasteiger partial charge in [-0.2, -0.15) is 0 Å². The molecule has 3 aromatic rings. The minimum Gasteiger partial charge on any atom is -0.497 e. The fourth-order valence-electron chi connectivity index (χ4n) is 2.57. The van der Waals surface area contributed by atoms with E-state index in [-0.39, 0.29) is 6.61 Å². The molecular formula is C20H19NO5. The number of benzene rings is 2. The molecule has 1 heterocycles. The number of ether oxygens (including phenoxy) is 3. The Hall–Kier alpha value is -3.28. The molecule has 0 aliphatic rings. The average Bonchev–Trinajstić information content (AvgIpc) is 3.13. The van der Waals surface area contributed by atoms with Gasteiger partial charge in [-0.3, -0.25) is 0 Å². The number of hydrogen-bond acceptors (Lipinski definition) is 6. The summed E-state index contributed by atoms with van der Waals surface area (Å²) in [6.45, 7) is 2.01. The minimum absolute atomic E-state index is 0.258. The fourth-order valence-corrected chi connectivity index (χ4v) is 2.57. The highest BCUT2D eigenvalue weighted by Gasteiger charge is 2.26. The van der Waals surface area contributed by atoms with E-state index in [1.165, 1.54) is 0 Å². The van der Waals surface area contributed by atoms with E-state index < -0.39 is 5.97 Å². The summed E-state index contributed by atoms with van der Waals surface area (Å²) in [5, 5.41) is 4.12. The molecule has 0 fully saturated rings. The molecule has 0 bridgehead atoms. The van der Waals surface area contributed by atoms with Crippen LogP contribution in [0, 0.1) is 0 Å². The molecule has 134 valence electrons. The zero-order chi connectivity index (χ0) is 18.5. The highest BCUT2D eigenvalue weighted by atomic mass is 16.5. The molecule has 3 rings (SSSR count). The Balaban J connectivity index is 2.09. The van der Waals surface area contributed by atoms with Crippen molar-refractivity contribution in [2.45, 2.75) is 6.92 Å². The van der Waals surface area contributed by atoms with Crippen molar-refractivity contribution in [2.75, 3.05) is 20.8 Å². The maximum absolute atomic E-state index is 12.6. The average molecular weight is 353 g/mol. The van der Waals surface area contributed by atoms with Crippen LogP contribution in [0.15, 0.2) is 53.1 Å². The van der Waals surface area contributed by atoms with Crippen LogP contribution in [-0.4, -0.2) is 32.0 Å². The van der Waals surface area contributed by atoms with Crippen LogP contribution in [0.3, 0.4) is 0 Å². The van der Waals surface area contributed by atoms with Crippen LogP contribution in [0.4, 0.5) is 0 Å². The van der Waals surface area contributed by atoms with Crippen molar-refractivity contribution in [1.82, 2.24) is 5.16 Å². The van der Waals surface area contributed by atoms with E-state index in [0.29, 0.717) is 34.1 Å². The number of esters is 1. The maximum Gasteiger partial charge on any atom is 0.344 e. The van der Waals surface area contributed by atoms with Crippen LogP contribution >= 0.6 is 0 Å². The third-order valence-electron chi connectivity index (χ3n) is 3.89. The van der Waals surface area contributed by atoms with Gasteiger partial charge >= 0.3 is 5.97 Å². The molecule has 0 aliphatic heterocycles. The van der Waals surface area contributed by atoms with Crippen molar-refractivity contribution in [3.63, 3.8) is 0 Å². The van der Waals surface area contributed by atoms with Gasteiger partial charge in [0.25, 0.3) is 0 Å². The number of carbonyl (C=O) groups excluding carboxylic acids is 1. The normalized spacial score (nSPS) is 10.4. The summed E-state index contributed by atoms with van der Waals surface area (Å²) in [5.41, 5.74) is 2.16. The number of aromatic nitrogens is 1. The number of carbonyl (C=O) groups is 1. The summed E-state index contributed by atoms with van der Waals surface area (Å²) in [4.78, 5) is 12.6. The summed E-state index contributed by atoms with van der Waals surface area (Å²) in [5.74, 6) is 1.30. The predicted molar refractivity (Wildman–Crippen MR) is 96.4 cm³/mol. The van der Waals surface area contributed by atoms with Gasteiger partial charge in [-0.25, -0.2) is 4.79 Å². The Kier molecular flexibility index (Phi) is 5.22. The van der Waals surface area contributed by atoms with Gasteiger partial charge in [0.1, 0.15) is 22.8 Å². The van der Waals surface area contributed by atoms with E-state index in [1.807, 2.05) is 12.1 Å². The van der Waals surface area contributed by atoms with E-state index in [0.717, 1.165) is 5.56 Å². The largest absolute Gasteiger partial charge is 0.497 e. The number of methoxy groups -OCH3 is 2. The lowest BCUT2D eigenvalue weighted by atomic mass is 10.0. The molecule has 6 nitrogen and oxygen atoms in total. The molecule has 6 heteroatoms. The highest BCUT2D eigenvalue weighted by Crippen LogP contribution is 2.34. The van der Waals surface area contributed by atoms with Gasteiger partial charge in [0.15, 0.2) is 5.76 Å². The zero-order valence-electron chi connectivity index (χ0n) is 14.8. The van der Waals surface area contributed by atoms with E-state index in [2.05, 4.69) is 5.16 Å². The molecule has 0 N–H and O–H groups in total. The van der Waals surface area contributed by atoms with Crippen LogP contribution in [0.25, 0.3) is 22.6 Å². The molecule has 26 heavy (non-hydrogen) atoms. The summed E-state index contributed by atoms with van der Waals surface area (Å²) >= 11 is 0. The molecule has 0 atom stereocenters. The van der Waals surface area contributed by atoms with Gasteiger partial charge in [0.2, 0.25) is 0 Å². The van der Waals surface area contributed by atoms with E-state index in [4.69, 9.17) is 18.7 Å². The van der Waals surface area contributed by atoms with Crippen molar-refractivity contribution >= 4 is 5.97 Å². The third-order valence-corrected chi connectivity index (χ3v) is 3.89. The van der Waals surface area contributed by atoms with Gasteiger partial charge in [-0.05, 0) is 55.5 Å². The molecule has 2 aromatic carbocycles. The molecule has 1 aromatic heterocycles. The second-order valence-corrected chi connectivity index (χ2v) is 5.41. The smallest absolute Gasteiger partial charge is 0.344 e. The van der Waals surface area contributed by atoms with Gasteiger partial charge in [-0.15, -0.1) is 0 Å². The second kappa shape index (κ2) is 7.74. The lowest BCUT2D eigenvalue weighted by molar-refractivity contribution is 0.0527. The maximum atomic E-state index is 12.6. The van der Waals surface area contributed by atoms with Gasteiger partial charge < -0.3 is 18.7 Å². The van der Waals surface area contributed by atoms with Crippen LogP contribution in [0.2, 0.25) is 0 Å². The summed E-state index contributed by atoms with van der Waals surface area (Å²) in [7, 11) is 3.19. The minimum atomic E-state index is -0.481. The van der Waals surface area contributed by atoms with Crippen molar-refractivity contribution in [3.8, 4) is 34.1 Å². The SMILES string of the molecule is CCOC(=O)c1c(-c2ccc(OC)cc2)noc1-c1ccc(OC)cc1. The first-order chi connectivity index (χ1) is 12.7. The lowest BCUT2D eigenvalue weighted by Crippen LogP contribution is -2.06. The van der Waals surface area contributed by atoms with E-state index in [1.54, 1.807) is 57.5 Å². The topological polar surface area (TPSA) is 70.8 Å². The Morgan fingerprint density at radius 2 is 1.46 bits per heavy atom. The van der Waals surface area contributed by atoms with Gasteiger partial charge in [0.05, 0.1) is 20.8 Å². The first-order valence-electron chi connectivity index (χ1n) is 8.13.